The summed E-state index contributed by atoms with van der Waals surface area (Å²) in [5, 5.41) is 19.9. The van der Waals surface area contributed by atoms with Gasteiger partial charge in [0.05, 0.1) is 0 Å². The maximum absolute atomic E-state index is 10.6. The highest BCUT2D eigenvalue weighted by Gasteiger charge is 2.27. The van der Waals surface area contributed by atoms with Gasteiger partial charge in [-0.25, -0.2) is 0 Å². The van der Waals surface area contributed by atoms with Gasteiger partial charge in [0.1, 0.15) is 11.4 Å². The normalized spacial score (nSPS) is 14.3. The quantitative estimate of drug-likeness (QED) is 0.831. The molecule has 17 heavy (non-hydrogen) atoms. The van der Waals surface area contributed by atoms with Gasteiger partial charge in [-0.1, -0.05) is 12.1 Å². The summed E-state index contributed by atoms with van der Waals surface area (Å²) in [5.74, 6) is 0.187. The fourth-order valence-corrected chi connectivity index (χ4v) is 1.92. The van der Waals surface area contributed by atoms with E-state index in [1.165, 1.54) is 0 Å². The summed E-state index contributed by atoms with van der Waals surface area (Å²) in [6, 6.07) is 8.42. The first kappa shape index (κ1) is 11.6. The van der Waals surface area contributed by atoms with E-state index < -0.39 is 5.60 Å². The maximum atomic E-state index is 10.6. The second-order valence-corrected chi connectivity index (χ2v) is 4.31. The Hall–Kier alpha value is -1.87. The second kappa shape index (κ2) is 4.18. The molecule has 0 saturated heterocycles. The number of aromatic nitrogens is 1. The molecule has 1 unspecified atom stereocenters. The lowest BCUT2D eigenvalue weighted by Gasteiger charge is -2.25. The van der Waals surface area contributed by atoms with E-state index >= 15 is 0 Å². The molecule has 2 aromatic rings. The molecule has 2 rings (SSSR count). The molecule has 1 atom stereocenters. The van der Waals surface area contributed by atoms with Gasteiger partial charge >= 0.3 is 0 Å². The van der Waals surface area contributed by atoms with Crippen LogP contribution in [0.15, 0.2) is 42.7 Å². The van der Waals surface area contributed by atoms with Crippen LogP contribution >= 0.6 is 0 Å². The van der Waals surface area contributed by atoms with Gasteiger partial charge in [-0.05, 0) is 43.2 Å². The summed E-state index contributed by atoms with van der Waals surface area (Å²) in [6.45, 7) is 3.66. The summed E-state index contributed by atoms with van der Waals surface area (Å²) in [4.78, 5) is 4.05. The van der Waals surface area contributed by atoms with E-state index in [1.807, 2.05) is 13.0 Å². The van der Waals surface area contributed by atoms with Crippen molar-refractivity contribution in [1.29, 1.82) is 0 Å². The summed E-state index contributed by atoms with van der Waals surface area (Å²) in [5.41, 5.74) is 1.38. The highest BCUT2D eigenvalue weighted by atomic mass is 16.3. The van der Waals surface area contributed by atoms with Gasteiger partial charge < -0.3 is 10.2 Å². The Morgan fingerprint density at radius 1 is 1.12 bits per heavy atom. The molecule has 0 bridgehead atoms. The number of hydrogen-bond acceptors (Lipinski definition) is 3. The number of phenolic OH excluding ortho intramolecular Hbond substituents is 1. The molecule has 3 heteroatoms. The van der Waals surface area contributed by atoms with E-state index in [0.29, 0.717) is 0 Å². The van der Waals surface area contributed by atoms with Crippen LogP contribution in [0.4, 0.5) is 0 Å². The van der Waals surface area contributed by atoms with E-state index in [-0.39, 0.29) is 5.75 Å². The van der Waals surface area contributed by atoms with Gasteiger partial charge in [0.25, 0.3) is 0 Å². The molecule has 0 fully saturated rings. The second-order valence-electron chi connectivity index (χ2n) is 4.31. The molecule has 0 spiro atoms. The lowest BCUT2D eigenvalue weighted by molar-refractivity contribution is 0.101. The minimum absolute atomic E-state index is 0.187. The third-order valence-electron chi connectivity index (χ3n) is 2.99. The average Bonchev–Trinajstić information content (AvgIpc) is 2.30. The molecule has 0 aliphatic rings. The van der Waals surface area contributed by atoms with Crippen LogP contribution in [0.25, 0.3) is 0 Å². The number of rotatable bonds is 2. The van der Waals surface area contributed by atoms with Crippen LogP contribution < -0.4 is 0 Å². The Balaban J connectivity index is 2.49. The predicted octanol–water partition coefficient (Wildman–Crippen LogP) is 2.35. The van der Waals surface area contributed by atoms with Gasteiger partial charge in [-0.15, -0.1) is 0 Å². The summed E-state index contributed by atoms with van der Waals surface area (Å²) in [6.07, 6.45) is 3.37. The Morgan fingerprint density at radius 2 is 1.76 bits per heavy atom. The van der Waals surface area contributed by atoms with E-state index in [4.69, 9.17) is 0 Å². The fraction of sp³-hybridized carbons (Fsp3) is 0.214. The van der Waals surface area contributed by atoms with Crippen molar-refractivity contribution in [1.82, 2.24) is 4.98 Å². The average molecular weight is 229 g/mol. The van der Waals surface area contributed by atoms with E-state index in [9.17, 15) is 10.2 Å². The van der Waals surface area contributed by atoms with Crippen molar-refractivity contribution in [3.8, 4) is 5.75 Å². The number of hydrogen-bond donors (Lipinski definition) is 2. The van der Waals surface area contributed by atoms with Crippen molar-refractivity contribution >= 4 is 0 Å². The zero-order valence-corrected chi connectivity index (χ0v) is 9.88. The smallest absolute Gasteiger partial charge is 0.115 e. The van der Waals surface area contributed by atoms with Crippen LogP contribution in [0, 0.1) is 6.92 Å². The first-order valence-electron chi connectivity index (χ1n) is 5.45. The number of nitrogens with zero attached hydrogens (tertiary/aromatic N) is 1. The fourth-order valence-electron chi connectivity index (χ4n) is 1.92. The lowest BCUT2D eigenvalue weighted by atomic mass is 9.87. The first-order valence-corrected chi connectivity index (χ1v) is 5.45. The molecule has 1 aromatic heterocycles. The zero-order chi connectivity index (χ0) is 12.5. The molecule has 0 saturated carbocycles. The summed E-state index contributed by atoms with van der Waals surface area (Å²) < 4.78 is 0. The highest BCUT2D eigenvalue weighted by molar-refractivity contribution is 5.39. The number of pyridine rings is 1. The Morgan fingerprint density at radius 3 is 2.35 bits per heavy atom. The Labute approximate surface area is 100 Å². The molecule has 0 aliphatic heterocycles. The van der Waals surface area contributed by atoms with E-state index in [0.717, 1.165) is 16.7 Å². The van der Waals surface area contributed by atoms with Crippen molar-refractivity contribution in [2.45, 2.75) is 19.4 Å². The van der Waals surface area contributed by atoms with Gasteiger partial charge in [-0.3, -0.25) is 4.98 Å². The molecule has 0 radical (unpaired) electrons. The van der Waals surface area contributed by atoms with Crippen LogP contribution in [0.5, 0.6) is 5.75 Å². The van der Waals surface area contributed by atoms with E-state index in [2.05, 4.69) is 4.98 Å². The number of phenols is 1. The first-order chi connectivity index (χ1) is 8.01. The molecular weight excluding hydrogens is 214 g/mol. The molecule has 2 N–H and O–H groups in total. The lowest BCUT2D eigenvalue weighted by Crippen LogP contribution is -2.24. The van der Waals surface area contributed by atoms with Crippen molar-refractivity contribution in [2.24, 2.45) is 0 Å². The Kier molecular flexibility index (Phi) is 2.86. The number of benzene rings is 1. The molecule has 88 valence electrons. The zero-order valence-electron chi connectivity index (χ0n) is 9.88. The van der Waals surface area contributed by atoms with Crippen molar-refractivity contribution in [3.05, 3.63) is 59.4 Å². The topological polar surface area (TPSA) is 53.4 Å². The number of aliphatic hydroxyl groups is 1. The van der Waals surface area contributed by atoms with Crippen LogP contribution in [-0.4, -0.2) is 15.2 Å². The standard InChI is InChI=1S/C14H15NO2/c1-10-7-8-15-9-13(10)14(2,17)11-3-5-12(16)6-4-11/h3-9,16-17H,1-2H3. The van der Waals surface area contributed by atoms with Crippen LogP contribution in [-0.2, 0) is 5.60 Å². The molecule has 1 heterocycles. The summed E-state index contributed by atoms with van der Waals surface area (Å²) in [7, 11) is 0. The largest absolute Gasteiger partial charge is 0.508 e. The predicted molar refractivity (Wildman–Crippen MR) is 65.8 cm³/mol. The summed E-state index contributed by atoms with van der Waals surface area (Å²) >= 11 is 0. The molecule has 0 aliphatic carbocycles. The van der Waals surface area contributed by atoms with Gasteiger partial charge in [0.15, 0.2) is 0 Å². The minimum Gasteiger partial charge on any atom is -0.508 e. The maximum Gasteiger partial charge on any atom is 0.115 e. The third-order valence-corrected chi connectivity index (χ3v) is 2.99. The van der Waals surface area contributed by atoms with Crippen LogP contribution in [0.3, 0.4) is 0 Å². The van der Waals surface area contributed by atoms with Crippen molar-refractivity contribution in [2.75, 3.05) is 0 Å². The van der Waals surface area contributed by atoms with Crippen molar-refractivity contribution < 1.29 is 10.2 Å². The van der Waals surface area contributed by atoms with Gasteiger partial charge in [0, 0.05) is 18.0 Å². The number of aromatic hydroxyl groups is 1. The molecule has 0 amide bonds. The van der Waals surface area contributed by atoms with Gasteiger partial charge in [0.2, 0.25) is 0 Å². The minimum atomic E-state index is -1.11. The number of aryl methyl sites for hydroxylation is 1. The van der Waals surface area contributed by atoms with Crippen LogP contribution in [0.2, 0.25) is 0 Å². The molecular formula is C14H15NO2. The SMILES string of the molecule is Cc1ccncc1C(C)(O)c1ccc(O)cc1. The van der Waals surface area contributed by atoms with E-state index in [1.54, 1.807) is 43.6 Å². The third kappa shape index (κ3) is 2.15. The van der Waals surface area contributed by atoms with Crippen LogP contribution in [0.1, 0.15) is 23.6 Å². The molecule has 3 nitrogen and oxygen atoms in total. The molecule has 1 aromatic carbocycles. The van der Waals surface area contributed by atoms with Gasteiger partial charge in [-0.2, -0.15) is 0 Å². The Bertz CT molecular complexity index is 518. The van der Waals surface area contributed by atoms with Crippen molar-refractivity contribution in [3.63, 3.8) is 0 Å². The monoisotopic (exact) mass is 229 g/mol. The highest BCUT2D eigenvalue weighted by Crippen LogP contribution is 2.31.